The third-order valence-electron chi connectivity index (χ3n) is 20.5. The minimum absolute atomic E-state index is 0.0256. The van der Waals surface area contributed by atoms with Crippen molar-refractivity contribution in [2.75, 3.05) is 0 Å². The highest BCUT2D eigenvalue weighted by atomic mass is 32.1. The lowest BCUT2D eigenvalue weighted by Gasteiger charge is -2.39. The quantitative estimate of drug-likeness (QED) is 0.0543. The van der Waals surface area contributed by atoms with E-state index in [0.717, 1.165) is 46.8 Å². The Balaban J connectivity index is 1.05. The maximum atomic E-state index is 15.8. The summed E-state index contributed by atoms with van der Waals surface area (Å²) in [4.78, 5) is 48.9. The van der Waals surface area contributed by atoms with E-state index in [-0.39, 0.29) is 28.1 Å². The number of unbranched alkanes of at least 4 members (excludes halogenated alkanes) is 4. The summed E-state index contributed by atoms with van der Waals surface area (Å²) >= 11 is 11.7. The molecule has 6 aromatic rings. The predicted molar refractivity (Wildman–Crippen MR) is 366 cm³/mol. The maximum absolute atomic E-state index is 15.8. The number of rotatable bonds is 26. The van der Waals surface area contributed by atoms with Gasteiger partial charge in [0.05, 0.1) is 32.3 Å². The van der Waals surface area contributed by atoms with Crippen LogP contribution in [0.15, 0.2) is 47.8 Å². The first-order chi connectivity index (χ1) is 40.0. The van der Waals surface area contributed by atoms with Crippen molar-refractivity contribution in [1.82, 2.24) is 9.80 Å². The van der Waals surface area contributed by atoms with E-state index in [9.17, 15) is 0 Å². The molecule has 10 heterocycles. The largest absolute Gasteiger partial charge is 0.281 e. The second-order valence-corrected chi connectivity index (χ2v) is 33.6. The van der Waals surface area contributed by atoms with Crippen molar-refractivity contribution in [3.8, 4) is 29.3 Å². The molecule has 2 aliphatic carbocycles. The fourth-order valence-corrected chi connectivity index (χ4v) is 24.0. The standard InChI is InChI=1S/C73H92N2O2S6/c1-14-22-26-43(18-5)38-72(39-44(19-6)27-23-15-2)49-34-52(54-37-55-53(79-54)36-51(78-55)42(9)10)80-65(49)67-59(72)47-30-32-74-61(63(47)82-67)57-58(70(74)77)62-64-48(31-33-75(62)69(57)76)60-68(83-64)66-50(35-56(81-66)71(11,12)13)73(60,40-45(20-7)28-24-16-3)41-46(21-8)29-25-17-4/h30-37,42-46H,14-29,38-41H2,1-13H3. The Morgan fingerprint density at radius 3 is 1.28 bits per heavy atom. The van der Waals surface area contributed by atoms with Crippen LogP contribution in [0.25, 0.3) is 62.2 Å². The molecule has 4 aliphatic heterocycles. The van der Waals surface area contributed by atoms with Crippen LogP contribution in [-0.2, 0) is 25.8 Å². The third-order valence-corrected chi connectivity index (χ3v) is 28.8. The smallest absolute Gasteiger partial charge is 0.265 e. The minimum atomic E-state index is -0.180. The maximum Gasteiger partial charge on any atom is 0.265 e. The summed E-state index contributed by atoms with van der Waals surface area (Å²) in [5.74, 6) is 2.81. The summed E-state index contributed by atoms with van der Waals surface area (Å²) in [5.41, 5.74) is 11.2. The third kappa shape index (κ3) is 9.76. The number of thiophene rings is 6. The first-order valence-corrected chi connectivity index (χ1v) is 37.6. The van der Waals surface area contributed by atoms with Gasteiger partial charge >= 0.3 is 0 Å². The fraction of sp³-hybridized carbons (Fsp3) is 0.562. The topological polar surface area (TPSA) is 40.6 Å². The number of amides is 2. The Labute approximate surface area is 522 Å². The molecule has 4 atom stereocenters. The van der Waals surface area contributed by atoms with Crippen LogP contribution in [0.1, 0.15) is 277 Å². The Morgan fingerprint density at radius 2 is 0.880 bits per heavy atom. The van der Waals surface area contributed by atoms with Crippen molar-refractivity contribution in [1.29, 1.82) is 0 Å². The van der Waals surface area contributed by atoms with E-state index in [1.54, 1.807) is 11.1 Å². The van der Waals surface area contributed by atoms with Crippen LogP contribution >= 0.6 is 68.0 Å². The number of hydrogen-bond donors (Lipinski definition) is 0. The van der Waals surface area contributed by atoms with Crippen LogP contribution < -0.4 is 0 Å². The van der Waals surface area contributed by atoms with Crippen LogP contribution in [0.2, 0.25) is 0 Å². The molecule has 6 aromatic heterocycles. The summed E-state index contributed by atoms with van der Waals surface area (Å²) in [7, 11) is 0. The van der Waals surface area contributed by atoms with Crippen molar-refractivity contribution < 1.29 is 9.59 Å². The van der Waals surface area contributed by atoms with Gasteiger partial charge in [0.15, 0.2) is 0 Å². The Morgan fingerprint density at radius 1 is 0.470 bits per heavy atom. The van der Waals surface area contributed by atoms with Crippen molar-refractivity contribution in [3.63, 3.8) is 0 Å². The molecular formula is C73H92N2O2S6. The molecule has 0 aromatic carbocycles. The summed E-state index contributed by atoms with van der Waals surface area (Å²) < 4.78 is 2.81. The number of carbonyl (C=O) groups is 2. The molecule has 0 bridgehead atoms. The number of hydrogen-bond acceptors (Lipinski definition) is 8. The van der Waals surface area contributed by atoms with Gasteiger partial charge in [-0.2, -0.15) is 0 Å². The highest BCUT2D eigenvalue weighted by Gasteiger charge is 2.57. The van der Waals surface area contributed by atoms with Crippen molar-refractivity contribution >= 4 is 113 Å². The van der Waals surface area contributed by atoms with Gasteiger partial charge in [0.25, 0.3) is 11.8 Å². The molecule has 0 radical (unpaired) electrons. The van der Waals surface area contributed by atoms with Gasteiger partial charge in [-0.1, -0.05) is 193 Å². The van der Waals surface area contributed by atoms with Gasteiger partial charge in [-0.05, 0) is 119 Å². The van der Waals surface area contributed by atoms with Crippen molar-refractivity contribution in [2.24, 2.45) is 23.7 Å². The van der Waals surface area contributed by atoms with Crippen LogP contribution in [0.5, 0.6) is 0 Å². The van der Waals surface area contributed by atoms with Gasteiger partial charge in [0, 0.05) is 82.8 Å². The molecule has 83 heavy (non-hydrogen) atoms. The van der Waals surface area contributed by atoms with Crippen LogP contribution in [0.3, 0.4) is 0 Å². The number of fused-ring (bicyclic) bond motifs is 16. The Hall–Kier alpha value is -3.64. The predicted octanol–water partition coefficient (Wildman–Crippen LogP) is 24.0. The zero-order chi connectivity index (χ0) is 58.4. The van der Waals surface area contributed by atoms with Crippen LogP contribution in [-0.4, -0.2) is 21.6 Å². The molecule has 0 saturated carbocycles. The van der Waals surface area contributed by atoms with E-state index in [2.05, 4.69) is 139 Å². The summed E-state index contributed by atoms with van der Waals surface area (Å²) in [6.07, 6.45) is 32.8. The lowest BCUT2D eigenvalue weighted by atomic mass is 9.64. The molecule has 4 unspecified atom stereocenters. The van der Waals surface area contributed by atoms with E-state index in [1.165, 1.54) is 173 Å². The average Bonchev–Trinajstić information content (AvgIpc) is 1.79. The normalized spacial score (nSPS) is 20.7. The zero-order valence-corrected chi connectivity index (χ0v) is 57.2. The highest BCUT2D eigenvalue weighted by molar-refractivity contribution is 7.32. The first kappa shape index (κ1) is 59.7. The van der Waals surface area contributed by atoms with Gasteiger partial charge in [0.1, 0.15) is 0 Å². The highest BCUT2D eigenvalue weighted by Crippen LogP contribution is 2.68. The van der Waals surface area contributed by atoms with E-state index in [4.69, 9.17) is 0 Å². The van der Waals surface area contributed by atoms with E-state index in [1.807, 2.05) is 77.8 Å². The molecule has 0 spiro atoms. The fourth-order valence-electron chi connectivity index (χ4n) is 15.8. The first-order valence-electron chi connectivity index (χ1n) is 32.7. The average molecular weight is 1220 g/mol. The second kappa shape index (κ2) is 23.5. The molecule has 2 amide bonds. The summed E-state index contributed by atoms with van der Waals surface area (Å²) in [6.45, 7) is 30.9. The lowest BCUT2D eigenvalue weighted by molar-refractivity contribution is -0.122. The minimum Gasteiger partial charge on any atom is -0.281 e. The van der Waals surface area contributed by atoms with Gasteiger partial charge in [-0.3, -0.25) is 19.4 Å². The zero-order valence-electron chi connectivity index (χ0n) is 52.3. The number of nitrogens with zero attached hydrogens (tertiary/aromatic N) is 2. The lowest BCUT2D eigenvalue weighted by Crippen LogP contribution is -2.33. The monoisotopic (exact) mass is 1220 g/mol. The van der Waals surface area contributed by atoms with Crippen LogP contribution in [0.4, 0.5) is 0 Å². The van der Waals surface area contributed by atoms with E-state index in [0.29, 0.717) is 40.7 Å². The molecule has 0 saturated heterocycles. The Bertz CT molecular complexity index is 3530. The van der Waals surface area contributed by atoms with Crippen molar-refractivity contribution in [3.05, 3.63) is 101 Å². The molecule has 4 nitrogen and oxygen atoms in total. The molecule has 442 valence electrons. The molecule has 10 heteroatoms. The van der Waals surface area contributed by atoms with Crippen LogP contribution in [0, 0.1) is 23.7 Å². The molecular weight excluding hydrogens is 1130 g/mol. The molecule has 0 N–H and O–H groups in total. The van der Waals surface area contributed by atoms with Crippen molar-refractivity contribution in [2.45, 2.75) is 241 Å². The molecule has 12 rings (SSSR count). The van der Waals surface area contributed by atoms with Gasteiger partial charge in [0.2, 0.25) is 0 Å². The second-order valence-electron chi connectivity index (χ2n) is 27.3. The Kier molecular flexibility index (Phi) is 16.9. The van der Waals surface area contributed by atoms with Gasteiger partial charge in [-0.15, -0.1) is 68.0 Å². The van der Waals surface area contributed by atoms with E-state index >= 15 is 9.59 Å². The summed E-state index contributed by atoms with van der Waals surface area (Å²) in [5, 5.41) is 0. The summed E-state index contributed by atoms with van der Waals surface area (Å²) in [6, 6.07) is 10.2. The SMILES string of the molecule is CCCCC(CC)CC1(CC(CC)CCCC)c2cc(-c3cc4sc(C(C)C)cc4s3)sc2-c2sc3c(c21)C=CN1C(=O)C2=C4c5sc6c(c5C=CN4C(=O)C2=C31)C(CC(CC)CCCC)(CC(CC)CCCC)c1cc(C(C)(C)C)sc1-6. The van der Waals surface area contributed by atoms with Gasteiger partial charge < -0.3 is 0 Å². The molecule has 0 fully saturated rings. The number of carbonyl (C=O) groups excluding carboxylic acids is 2. The van der Waals surface area contributed by atoms with E-state index < -0.39 is 0 Å². The molecule has 6 aliphatic rings. The van der Waals surface area contributed by atoms with Gasteiger partial charge in [-0.25, -0.2) is 0 Å².